The molecule has 0 aliphatic rings. The topological polar surface area (TPSA) is 25.8 Å². The Morgan fingerprint density at radius 3 is 2.93 bits per heavy atom. The molecule has 2 rings (SSSR count). The van der Waals surface area contributed by atoms with Gasteiger partial charge in [-0.25, -0.2) is 9.97 Å². The molecular formula is C9H7BrN2S2. The monoisotopic (exact) mass is 286 g/mol. The molecule has 0 aliphatic heterocycles. The van der Waals surface area contributed by atoms with Crippen LogP contribution in [0.2, 0.25) is 0 Å². The fourth-order valence-electron chi connectivity index (χ4n) is 0.938. The van der Waals surface area contributed by atoms with Crippen LogP contribution < -0.4 is 0 Å². The quantitative estimate of drug-likeness (QED) is 0.637. The maximum absolute atomic E-state index is 4.15. The SMILES string of the molecule is Brc1ccc(CSc2ccncn2)s1. The van der Waals surface area contributed by atoms with Gasteiger partial charge in [-0.2, -0.15) is 0 Å². The van der Waals surface area contributed by atoms with Gasteiger partial charge in [0.2, 0.25) is 0 Å². The van der Waals surface area contributed by atoms with Gasteiger partial charge in [0.15, 0.2) is 0 Å². The molecule has 0 N–H and O–H groups in total. The van der Waals surface area contributed by atoms with E-state index in [1.165, 1.54) is 8.66 Å². The van der Waals surface area contributed by atoms with E-state index in [0.717, 1.165) is 10.8 Å². The van der Waals surface area contributed by atoms with Gasteiger partial charge in [0.25, 0.3) is 0 Å². The van der Waals surface area contributed by atoms with Gasteiger partial charge >= 0.3 is 0 Å². The molecular weight excluding hydrogens is 280 g/mol. The smallest absolute Gasteiger partial charge is 0.116 e. The summed E-state index contributed by atoms with van der Waals surface area (Å²) >= 11 is 6.93. The summed E-state index contributed by atoms with van der Waals surface area (Å²) in [7, 11) is 0. The Morgan fingerprint density at radius 1 is 1.36 bits per heavy atom. The Morgan fingerprint density at radius 2 is 2.29 bits per heavy atom. The summed E-state index contributed by atoms with van der Waals surface area (Å²) in [5.74, 6) is 0.966. The molecule has 0 radical (unpaired) electrons. The zero-order valence-corrected chi connectivity index (χ0v) is 10.4. The van der Waals surface area contributed by atoms with E-state index in [1.807, 2.05) is 6.07 Å². The minimum atomic E-state index is 0.966. The van der Waals surface area contributed by atoms with Crippen molar-refractivity contribution in [3.63, 3.8) is 0 Å². The number of nitrogens with zero attached hydrogens (tertiary/aromatic N) is 2. The lowest BCUT2D eigenvalue weighted by Gasteiger charge is -1.96. The average molecular weight is 287 g/mol. The summed E-state index contributed by atoms with van der Waals surface area (Å²) in [6, 6.07) is 6.12. The van der Waals surface area contributed by atoms with Crippen LogP contribution in [-0.2, 0) is 5.75 Å². The Kier molecular flexibility index (Phi) is 3.55. The summed E-state index contributed by atoms with van der Waals surface area (Å²) in [5, 5.41) is 1.02. The minimum absolute atomic E-state index is 0.966. The van der Waals surface area contributed by atoms with E-state index in [9.17, 15) is 0 Å². The van der Waals surface area contributed by atoms with Crippen LogP contribution in [0.1, 0.15) is 4.88 Å². The molecule has 0 aromatic carbocycles. The number of thiophene rings is 1. The van der Waals surface area contributed by atoms with E-state index in [1.54, 1.807) is 35.6 Å². The van der Waals surface area contributed by atoms with Crippen LogP contribution in [0.4, 0.5) is 0 Å². The van der Waals surface area contributed by atoms with Gasteiger partial charge in [-0.3, -0.25) is 0 Å². The molecule has 0 amide bonds. The van der Waals surface area contributed by atoms with Crippen LogP contribution >= 0.6 is 39.0 Å². The summed E-state index contributed by atoms with van der Waals surface area (Å²) in [6.45, 7) is 0. The maximum Gasteiger partial charge on any atom is 0.116 e. The van der Waals surface area contributed by atoms with Gasteiger partial charge in [0.05, 0.1) is 8.81 Å². The van der Waals surface area contributed by atoms with Crippen molar-refractivity contribution in [1.82, 2.24) is 9.97 Å². The van der Waals surface area contributed by atoms with Crippen LogP contribution in [0.3, 0.4) is 0 Å². The number of rotatable bonds is 3. The van der Waals surface area contributed by atoms with Crippen molar-refractivity contribution >= 4 is 39.0 Å². The molecule has 0 spiro atoms. The summed E-state index contributed by atoms with van der Waals surface area (Å²) < 4.78 is 1.18. The van der Waals surface area contributed by atoms with Crippen LogP contribution in [-0.4, -0.2) is 9.97 Å². The second-order valence-corrected chi connectivity index (χ2v) is 6.09. The third-order valence-electron chi connectivity index (χ3n) is 1.55. The predicted octanol–water partition coefficient (Wildman–Crippen LogP) is 3.59. The number of halogens is 1. The molecule has 0 bridgehead atoms. The lowest BCUT2D eigenvalue weighted by molar-refractivity contribution is 1.05. The van der Waals surface area contributed by atoms with Crippen molar-refractivity contribution in [3.05, 3.63) is 39.4 Å². The molecule has 2 nitrogen and oxygen atoms in total. The highest BCUT2D eigenvalue weighted by molar-refractivity contribution is 9.11. The van der Waals surface area contributed by atoms with Crippen molar-refractivity contribution in [2.75, 3.05) is 0 Å². The van der Waals surface area contributed by atoms with E-state index >= 15 is 0 Å². The average Bonchev–Trinajstić information content (AvgIpc) is 2.63. The first-order chi connectivity index (χ1) is 6.84. The Labute approximate surface area is 98.9 Å². The van der Waals surface area contributed by atoms with Crippen LogP contribution in [0.5, 0.6) is 0 Å². The summed E-state index contributed by atoms with van der Waals surface area (Å²) in [5.41, 5.74) is 0. The first-order valence-electron chi connectivity index (χ1n) is 3.97. The molecule has 2 aromatic heterocycles. The molecule has 0 unspecified atom stereocenters. The van der Waals surface area contributed by atoms with E-state index < -0.39 is 0 Å². The standard InChI is InChI=1S/C9H7BrN2S2/c10-8-2-1-7(14-8)5-13-9-3-4-11-6-12-9/h1-4,6H,5H2. The first-order valence-corrected chi connectivity index (χ1v) is 6.57. The molecule has 0 saturated carbocycles. The Hall–Kier alpha value is -0.390. The number of aromatic nitrogens is 2. The third-order valence-corrected chi connectivity index (χ3v) is 4.34. The van der Waals surface area contributed by atoms with E-state index in [0.29, 0.717) is 0 Å². The van der Waals surface area contributed by atoms with Gasteiger partial charge in [-0.15, -0.1) is 23.1 Å². The fraction of sp³-hybridized carbons (Fsp3) is 0.111. The van der Waals surface area contributed by atoms with Gasteiger partial charge in [0, 0.05) is 16.8 Å². The normalized spacial score (nSPS) is 10.4. The number of thioether (sulfide) groups is 1. The number of hydrogen-bond donors (Lipinski definition) is 0. The van der Waals surface area contributed by atoms with E-state index in [2.05, 4.69) is 38.0 Å². The lowest BCUT2D eigenvalue weighted by Crippen LogP contribution is -1.80. The van der Waals surface area contributed by atoms with Crippen molar-refractivity contribution < 1.29 is 0 Å². The van der Waals surface area contributed by atoms with Gasteiger partial charge in [0.1, 0.15) is 6.33 Å². The molecule has 5 heteroatoms. The highest BCUT2D eigenvalue weighted by Gasteiger charge is 1.99. The Balaban J connectivity index is 1.95. The van der Waals surface area contributed by atoms with Crippen LogP contribution in [0, 0.1) is 0 Å². The van der Waals surface area contributed by atoms with E-state index in [4.69, 9.17) is 0 Å². The second kappa shape index (κ2) is 4.91. The molecule has 72 valence electrons. The lowest BCUT2D eigenvalue weighted by atomic mass is 10.5. The van der Waals surface area contributed by atoms with Crippen molar-refractivity contribution in [1.29, 1.82) is 0 Å². The van der Waals surface area contributed by atoms with Crippen molar-refractivity contribution in [3.8, 4) is 0 Å². The zero-order valence-electron chi connectivity index (χ0n) is 7.18. The highest BCUT2D eigenvalue weighted by atomic mass is 79.9. The van der Waals surface area contributed by atoms with Gasteiger partial charge in [-0.1, -0.05) is 0 Å². The zero-order chi connectivity index (χ0) is 9.80. The molecule has 0 atom stereocenters. The second-order valence-electron chi connectivity index (χ2n) is 2.54. The first kappa shape index (κ1) is 10.1. The summed E-state index contributed by atoms with van der Waals surface area (Å²) in [4.78, 5) is 9.37. The fourth-order valence-corrected chi connectivity index (χ4v) is 3.29. The molecule has 14 heavy (non-hydrogen) atoms. The molecule has 2 aromatic rings. The van der Waals surface area contributed by atoms with Crippen molar-refractivity contribution in [2.45, 2.75) is 10.8 Å². The largest absolute Gasteiger partial charge is 0.245 e. The minimum Gasteiger partial charge on any atom is -0.245 e. The van der Waals surface area contributed by atoms with Crippen LogP contribution in [0.25, 0.3) is 0 Å². The molecule has 2 heterocycles. The molecule has 0 fully saturated rings. The molecule has 0 saturated heterocycles. The maximum atomic E-state index is 4.15. The highest BCUT2D eigenvalue weighted by Crippen LogP contribution is 2.27. The summed E-state index contributed by atoms with van der Waals surface area (Å²) in [6.07, 6.45) is 3.34. The predicted molar refractivity (Wildman–Crippen MR) is 63.6 cm³/mol. The van der Waals surface area contributed by atoms with Gasteiger partial charge < -0.3 is 0 Å². The van der Waals surface area contributed by atoms with Gasteiger partial charge in [-0.05, 0) is 34.1 Å². The van der Waals surface area contributed by atoms with E-state index in [-0.39, 0.29) is 0 Å². The number of hydrogen-bond acceptors (Lipinski definition) is 4. The van der Waals surface area contributed by atoms with Crippen LogP contribution in [0.15, 0.2) is 39.5 Å². The Bertz CT molecular complexity index is 402. The third kappa shape index (κ3) is 2.80. The molecule has 0 aliphatic carbocycles. The van der Waals surface area contributed by atoms with Crippen molar-refractivity contribution in [2.24, 2.45) is 0 Å².